The summed E-state index contributed by atoms with van der Waals surface area (Å²) >= 11 is 0. The molecular weight excluding hydrogens is 238 g/mol. The third-order valence-electron chi connectivity index (χ3n) is 3.90. The van der Waals surface area contributed by atoms with Gasteiger partial charge in [0.05, 0.1) is 17.3 Å². The second-order valence-electron chi connectivity index (χ2n) is 5.10. The molecule has 0 unspecified atom stereocenters. The first-order chi connectivity index (χ1) is 9.30. The zero-order chi connectivity index (χ0) is 13.1. The minimum Gasteiger partial charge on any atom is -0.342 e. The van der Waals surface area contributed by atoms with Crippen LogP contribution in [-0.4, -0.2) is 16.1 Å². The van der Waals surface area contributed by atoms with Crippen molar-refractivity contribution in [1.82, 2.24) is 15.5 Å². The Morgan fingerprint density at radius 2 is 1.95 bits per heavy atom. The maximum atomic E-state index is 12.3. The first kappa shape index (κ1) is 12.0. The highest BCUT2D eigenvalue weighted by molar-refractivity contribution is 5.94. The van der Waals surface area contributed by atoms with Crippen molar-refractivity contribution in [1.29, 1.82) is 0 Å². The van der Waals surface area contributed by atoms with Gasteiger partial charge in [-0.05, 0) is 18.4 Å². The number of nitrogens with zero attached hydrogens (tertiary/aromatic N) is 1. The van der Waals surface area contributed by atoms with E-state index in [1.807, 2.05) is 18.2 Å². The molecule has 0 saturated heterocycles. The summed E-state index contributed by atoms with van der Waals surface area (Å²) in [6.07, 6.45) is 7.49. The summed E-state index contributed by atoms with van der Waals surface area (Å²) in [5.74, 6) is -0.0560. The maximum absolute atomic E-state index is 12.3. The van der Waals surface area contributed by atoms with Crippen LogP contribution in [0.5, 0.6) is 0 Å². The SMILES string of the molecule is O=C(NC1(c2ccccc2)CCCC1)c1cn[nH]c1. The number of aromatic amines is 1. The Morgan fingerprint density at radius 3 is 2.58 bits per heavy atom. The van der Waals surface area contributed by atoms with E-state index in [0.29, 0.717) is 5.56 Å². The highest BCUT2D eigenvalue weighted by Crippen LogP contribution is 2.38. The Labute approximate surface area is 112 Å². The molecule has 0 spiro atoms. The first-order valence-corrected chi connectivity index (χ1v) is 6.67. The van der Waals surface area contributed by atoms with Crippen LogP contribution >= 0.6 is 0 Å². The lowest BCUT2D eigenvalue weighted by Crippen LogP contribution is -2.43. The predicted octanol–water partition coefficient (Wildman–Crippen LogP) is 2.61. The predicted molar refractivity (Wildman–Crippen MR) is 72.6 cm³/mol. The number of amides is 1. The van der Waals surface area contributed by atoms with Crippen molar-refractivity contribution in [3.05, 3.63) is 53.9 Å². The van der Waals surface area contributed by atoms with E-state index < -0.39 is 0 Å². The van der Waals surface area contributed by atoms with E-state index in [2.05, 4.69) is 27.6 Å². The van der Waals surface area contributed by atoms with Crippen LogP contribution in [-0.2, 0) is 5.54 Å². The number of rotatable bonds is 3. The second kappa shape index (κ2) is 4.88. The van der Waals surface area contributed by atoms with E-state index in [-0.39, 0.29) is 11.4 Å². The van der Waals surface area contributed by atoms with Crippen molar-refractivity contribution in [3.63, 3.8) is 0 Å². The van der Waals surface area contributed by atoms with Crippen LogP contribution in [0.1, 0.15) is 41.6 Å². The Balaban J connectivity index is 1.88. The Hall–Kier alpha value is -2.10. The van der Waals surface area contributed by atoms with Crippen molar-refractivity contribution in [3.8, 4) is 0 Å². The fourth-order valence-corrected chi connectivity index (χ4v) is 2.89. The number of hydrogen-bond acceptors (Lipinski definition) is 2. The van der Waals surface area contributed by atoms with Crippen molar-refractivity contribution in [2.45, 2.75) is 31.2 Å². The number of carbonyl (C=O) groups excluding carboxylic acids is 1. The highest BCUT2D eigenvalue weighted by atomic mass is 16.1. The monoisotopic (exact) mass is 255 g/mol. The van der Waals surface area contributed by atoms with Gasteiger partial charge in [0.15, 0.2) is 0 Å². The molecule has 0 bridgehead atoms. The number of carbonyl (C=O) groups is 1. The summed E-state index contributed by atoms with van der Waals surface area (Å²) in [5, 5.41) is 9.72. The number of aromatic nitrogens is 2. The zero-order valence-electron chi connectivity index (χ0n) is 10.7. The summed E-state index contributed by atoms with van der Waals surface area (Å²) in [5.41, 5.74) is 1.57. The minimum atomic E-state index is -0.213. The van der Waals surface area contributed by atoms with Crippen LogP contribution in [0.3, 0.4) is 0 Å². The Kier molecular flexibility index (Phi) is 3.07. The summed E-state index contributed by atoms with van der Waals surface area (Å²) in [6, 6.07) is 10.3. The summed E-state index contributed by atoms with van der Waals surface area (Å²) < 4.78 is 0. The molecule has 4 nitrogen and oxygen atoms in total. The molecule has 1 aliphatic rings. The van der Waals surface area contributed by atoms with E-state index in [0.717, 1.165) is 25.7 Å². The number of nitrogens with one attached hydrogen (secondary N) is 2. The fraction of sp³-hybridized carbons (Fsp3) is 0.333. The fourth-order valence-electron chi connectivity index (χ4n) is 2.89. The molecule has 1 aliphatic carbocycles. The van der Waals surface area contributed by atoms with Crippen LogP contribution < -0.4 is 5.32 Å². The van der Waals surface area contributed by atoms with Gasteiger partial charge in [-0.2, -0.15) is 5.10 Å². The first-order valence-electron chi connectivity index (χ1n) is 6.67. The van der Waals surface area contributed by atoms with Gasteiger partial charge in [-0.15, -0.1) is 0 Å². The third-order valence-corrected chi connectivity index (χ3v) is 3.90. The van der Waals surface area contributed by atoms with Crippen LogP contribution in [0.2, 0.25) is 0 Å². The molecule has 4 heteroatoms. The Bertz CT molecular complexity index is 542. The van der Waals surface area contributed by atoms with Crippen LogP contribution in [0.15, 0.2) is 42.7 Å². The van der Waals surface area contributed by atoms with Gasteiger partial charge in [0.25, 0.3) is 5.91 Å². The lowest BCUT2D eigenvalue weighted by molar-refractivity contribution is 0.0898. The smallest absolute Gasteiger partial charge is 0.255 e. The number of H-pyrrole nitrogens is 1. The summed E-state index contributed by atoms with van der Waals surface area (Å²) in [4.78, 5) is 12.3. The van der Waals surface area contributed by atoms with Gasteiger partial charge < -0.3 is 5.32 Å². The average Bonchev–Trinajstić information content (AvgIpc) is 3.11. The van der Waals surface area contributed by atoms with Gasteiger partial charge in [0.1, 0.15) is 0 Å². The van der Waals surface area contributed by atoms with E-state index in [1.54, 1.807) is 12.4 Å². The third kappa shape index (κ3) is 2.26. The second-order valence-corrected chi connectivity index (χ2v) is 5.10. The molecule has 1 aromatic heterocycles. The van der Waals surface area contributed by atoms with Crippen molar-refractivity contribution in [2.75, 3.05) is 0 Å². The number of hydrogen-bond donors (Lipinski definition) is 2. The quantitative estimate of drug-likeness (QED) is 0.885. The molecular formula is C15H17N3O. The molecule has 1 heterocycles. The number of benzene rings is 1. The largest absolute Gasteiger partial charge is 0.342 e. The van der Waals surface area contributed by atoms with Crippen LogP contribution in [0, 0.1) is 0 Å². The summed E-state index contributed by atoms with van der Waals surface area (Å²) in [6.45, 7) is 0. The lowest BCUT2D eigenvalue weighted by atomic mass is 9.88. The van der Waals surface area contributed by atoms with Crippen molar-refractivity contribution < 1.29 is 4.79 Å². The van der Waals surface area contributed by atoms with Crippen LogP contribution in [0.4, 0.5) is 0 Å². The van der Waals surface area contributed by atoms with Gasteiger partial charge in [0.2, 0.25) is 0 Å². The lowest BCUT2D eigenvalue weighted by Gasteiger charge is -2.31. The van der Waals surface area contributed by atoms with Crippen molar-refractivity contribution in [2.24, 2.45) is 0 Å². The molecule has 1 amide bonds. The van der Waals surface area contributed by atoms with Crippen molar-refractivity contribution >= 4 is 5.91 Å². The summed E-state index contributed by atoms with van der Waals surface area (Å²) in [7, 11) is 0. The van der Waals surface area contributed by atoms with Gasteiger partial charge in [0, 0.05) is 6.20 Å². The molecule has 0 atom stereocenters. The standard InChI is InChI=1S/C15H17N3O/c19-14(12-10-16-17-11-12)18-15(8-4-5-9-15)13-6-2-1-3-7-13/h1-3,6-7,10-11H,4-5,8-9H2,(H,16,17)(H,18,19). The van der Waals surface area contributed by atoms with Gasteiger partial charge in [-0.25, -0.2) is 0 Å². The van der Waals surface area contributed by atoms with E-state index in [1.165, 1.54) is 5.56 Å². The maximum Gasteiger partial charge on any atom is 0.255 e. The molecule has 2 aromatic rings. The molecule has 19 heavy (non-hydrogen) atoms. The van der Waals surface area contributed by atoms with E-state index in [9.17, 15) is 4.79 Å². The Morgan fingerprint density at radius 1 is 1.21 bits per heavy atom. The van der Waals surface area contributed by atoms with E-state index >= 15 is 0 Å². The molecule has 1 saturated carbocycles. The molecule has 2 N–H and O–H groups in total. The average molecular weight is 255 g/mol. The molecule has 3 rings (SSSR count). The normalized spacial score (nSPS) is 17.3. The van der Waals surface area contributed by atoms with Gasteiger partial charge >= 0.3 is 0 Å². The molecule has 0 aliphatic heterocycles. The minimum absolute atomic E-state index is 0.0560. The zero-order valence-corrected chi connectivity index (χ0v) is 10.7. The molecule has 1 aromatic carbocycles. The van der Waals surface area contributed by atoms with E-state index in [4.69, 9.17) is 0 Å². The molecule has 1 fully saturated rings. The van der Waals surface area contributed by atoms with Gasteiger partial charge in [-0.3, -0.25) is 9.89 Å². The molecule has 0 radical (unpaired) electrons. The van der Waals surface area contributed by atoms with Gasteiger partial charge in [-0.1, -0.05) is 43.2 Å². The topological polar surface area (TPSA) is 57.8 Å². The highest BCUT2D eigenvalue weighted by Gasteiger charge is 2.37. The molecule has 98 valence electrons. The van der Waals surface area contributed by atoms with Crippen LogP contribution in [0.25, 0.3) is 0 Å².